The second kappa shape index (κ2) is 10.2. The Morgan fingerprint density at radius 2 is 1.69 bits per heavy atom. The van der Waals surface area contributed by atoms with Crippen LogP contribution in [-0.4, -0.2) is 25.1 Å². The van der Waals surface area contributed by atoms with Gasteiger partial charge < -0.3 is 14.8 Å². The van der Waals surface area contributed by atoms with Crippen LogP contribution in [0.25, 0.3) is 0 Å². The summed E-state index contributed by atoms with van der Waals surface area (Å²) in [6.45, 7) is 4.25. The summed E-state index contributed by atoms with van der Waals surface area (Å²) in [4.78, 5) is 23.7. The lowest BCUT2D eigenvalue weighted by Gasteiger charge is -2.13. The Labute approximate surface area is 154 Å². The van der Waals surface area contributed by atoms with Crippen LogP contribution >= 0.6 is 0 Å². The lowest BCUT2D eigenvalue weighted by Crippen LogP contribution is -2.21. The van der Waals surface area contributed by atoms with Gasteiger partial charge in [0, 0.05) is 12.1 Å². The molecule has 0 aliphatic heterocycles. The van der Waals surface area contributed by atoms with Crippen LogP contribution in [0.4, 0.5) is 5.69 Å². The minimum absolute atomic E-state index is 0.211. The summed E-state index contributed by atoms with van der Waals surface area (Å²) in [5.41, 5.74) is 1.80. The van der Waals surface area contributed by atoms with E-state index in [9.17, 15) is 9.59 Å². The molecule has 2 aromatic carbocycles. The molecular weight excluding hydrogens is 330 g/mol. The van der Waals surface area contributed by atoms with Crippen molar-refractivity contribution in [3.63, 3.8) is 0 Å². The van der Waals surface area contributed by atoms with E-state index in [1.54, 1.807) is 0 Å². The quantitative estimate of drug-likeness (QED) is 0.542. The Bertz CT molecular complexity index is 713. The molecule has 2 aromatic rings. The van der Waals surface area contributed by atoms with Gasteiger partial charge in [0.15, 0.2) is 6.61 Å². The van der Waals surface area contributed by atoms with E-state index in [1.807, 2.05) is 54.6 Å². The van der Waals surface area contributed by atoms with E-state index < -0.39 is 5.97 Å². The van der Waals surface area contributed by atoms with Crippen LogP contribution in [0, 0.1) is 0 Å². The van der Waals surface area contributed by atoms with Crippen LogP contribution in [0.3, 0.4) is 0 Å². The number of anilines is 1. The molecule has 0 aliphatic rings. The van der Waals surface area contributed by atoms with E-state index in [0.717, 1.165) is 17.0 Å². The summed E-state index contributed by atoms with van der Waals surface area (Å²) < 4.78 is 10.5. The van der Waals surface area contributed by atoms with Gasteiger partial charge in [0.2, 0.25) is 0 Å². The number of amides is 1. The summed E-state index contributed by atoms with van der Waals surface area (Å²) >= 11 is 0. The third-order valence-corrected chi connectivity index (χ3v) is 3.76. The largest absolute Gasteiger partial charge is 0.494 e. The number of carbonyl (C=O) groups is 2. The number of rotatable bonds is 9. The maximum Gasteiger partial charge on any atom is 0.306 e. The van der Waals surface area contributed by atoms with Crippen molar-refractivity contribution >= 4 is 17.6 Å². The Hall–Kier alpha value is -2.82. The standard InChI is InChI=1S/C21H25NO4/c1-16(2)18-11-6-7-12-19(18)22-20(23)15-26-21(24)13-8-14-25-17-9-4-3-5-10-17/h3-7,9-12,16H,8,13-15H2,1-2H3,(H,22,23). The summed E-state index contributed by atoms with van der Waals surface area (Å²) in [6, 6.07) is 17.0. The van der Waals surface area contributed by atoms with Crippen LogP contribution < -0.4 is 10.1 Å². The third-order valence-electron chi connectivity index (χ3n) is 3.76. The van der Waals surface area contributed by atoms with E-state index in [1.165, 1.54) is 0 Å². The number of ether oxygens (including phenoxy) is 2. The minimum atomic E-state index is -0.408. The number of carbonyl (C=O) groups excluding carboxylic acids is 2. The number of benzene rings is 2. The number of nitrogens with one attached hydrogen (secondary N) is 1. The predicted molar refractivity (Wildman–Crippen MR) is 101 cm³/mol. The summed E-state index contributed by atoms with van der Waals surface area (Å²) in [6.07, 6.45) is 0.744. The number of hydrogen-bond donors (Lipinski definition) is 1. The molecule has 0 heterocycles. The fourth-order valence-electron chi connectivity index (χ4n) is 2.44. The maximum absolute atomic E-state index is 12.0. The molecule has 0 saturated carbocycles. The Kier molecular flexibility index (Phi) is 7.68. The van der Waals surface area contributed by atoms with Gasteiger partial charge in [-0.3, -0.25) is 9.59 Å². The first-order chi connectivity index (χ1) is 12.6. The predicted octanol–water partition coefficient (Wildman–Crippen LogP) is 4.15. The van der Waals surface area contributed by atoms with Gasteiger partial charge in [-0.05, 0) is 36.1 Å². The molecule has 5 nitrogen and oxygen atoms in total. The number of para-hydroxylation sites is 2. The smallest absolute Gasteiger partial charge is 0.306 e. The Balaban J connectivity index is 1.66. The zero-order valence-corrected chi connectivity index (χ0v) is 15.2. The zero-order chi connectivity index (χ0) is 18.8. The zero-order valence-electron chi connectivity index (χ0n) is 15.2. The highest BCUT2D eigenvalue weighted by Gasteiger charge is 2.11. The molecule has 0 atom stereocenters. The maximum atomic E-state index is 12.0. The van der Waals surface area contributed by atoms with Crippen molar-refractivity contribution in [1.29, 1.82) is 0 Å². The lowest BCUT2D eigenvalue weighted by molar-refractivity contribution is -0.147. The topological polar surface area (TPSA) is 64.6 Å². The van der Waals surface area contributed by atoms with Gasteiger partial charge in [-0.25, -0.2) is 0 Å². The van der Waals surface area contributed by atoms with E-state index in [2.05, 4.69) is 19.2 Å². The average Bonchev–Trinajstić information content (AvgIpc) is 2.65. The molecule has 138 valence electrons. The van der Waals surface area contributed by atoms with Gasteiger partial charge in [-0.1, -0.05) is 50.2 Å². The molecule has 1 amide bonds. The minimum Gasteiger partial charge on any atom is -0.494 e. The van der Waals surface area contributed by atoms with Crippen molar-refractivity contribution in [3.8, 4) is 5.75 Å². The molecule has 0 radical (unpaired) electrons. The second-order valence-electron chi connectivity index (χ2n) is 6.22. The molecule has 2 rings (SSSR count). The molecule has 0 unspecified atom stereocenters. The van der Waals surface area contributed by atoms with Gasteiger partial charge >= 0.3 is 5.97 Å². The lowest BCUT2D eigenvalue weighted by atomic mass is 10.0. The molecular formula is C21H25NO4. The Morgan fingerprint density at radius 1 is 1.00 bits per heavy atom. The van der Waals surface area contributed by atoms with Crippen molar-refractivity contribution in [2.75, 3.05) is 18.5 Å². The van der Waals surface area contributed by atoms with E-state index >= 15 is 0 Å². The van der Waals surface area contributed by atoms with Crippen molar-refractivity contribution in [1.82, 2.24) is 0 Å². The monoisotopic (exact) mass is 355 g/mol. The van der Waals surface area contributed by atoms with Crippen molar-refractivity contribution in [3.05, 3.63) is 60.2 Å². The van der Waals surface area contributed by atoms with Crippen LogP contribution in [0.15, 0.2) is 54.6 Å². The van der Waals surface area contributed by atoms with Crippen LogP contribution in [0.5, 0.6) is 5.75 Å². The van der Waals surface area contributed by atoms with E-state index in [4.69, 9.17) is 9.47 Å². The highest BCUT2D eigenvalue weighted by molar-refractivity contribution is 5.93. The van der Waals surface area contributed by atoms with Gasteiger partial charge in [0.1, 0.15) is 5.75 Å². The fourth-order valence-corrected chi connectivity index (χ4v) is 2.44. The molecule has 1 N–H and O–H groups in total. The molecule has 0 spiro atoms. The summed E-state index contributed by atoms with van der Waals surface area (Å²) in [5.74, 6) is 0.309. The van der Waals surface area contributed by atoms with Crippen LogP contribution in [-0.2, 0) is 14.3 Å². The number of hydrogen-bond acceptors (Lipinski definition) is 4. The molecule has 26 heavy (non-hydrogen) atoms. The molecule has 0 bridgehead atoms. The van der Waals surface area contributed by atoms with Gasteiger partial charge in [0.05, 0.1) is 6.61 Å². The number of esters is 1. The van der Waals surface area contributed by atoms with Crippen molar-refractivity contribution < 1.29 is 19.1 Å². The molecule has 5 heteroatoms. The first-order valence-corrected chi connectivity index (χ1v) is 8.78. The molecule has 0 saturated heterocycles. The third kappa shape index (κ3) is 6.59. The van der Waals surface area contributed by atoms with Crippen molar-refractivity contribution in [2.45, 2.75) is 32.6 Å². The first-order valence-electron chi connectivity index (χ1n) is 8.78. The normalized spacial score (nSPS) is 10.4. The Morgan fingerprint density at radius 3 is 2.42 bits per heavy atom. The molecule has 0 aromatic heterocycles. The first kappa shape index (κ1) is 19.5. The molecule has 0 aliphatic carbocycles. The van der Waals surface area contributed by atoms with Gasteiger partial charge in [-0.15, -0.1) is 0 Å². The van der Waals surface area contributed by atoms with Crippen LogP contribution in [0.1, 0.15) is 38.2 Å². The highest BCUT2D eigenvalue weighted by Crippen LogP contribution is 2.23. The highest BCUT2D eigenvalue weighted by atomic mass is 16.5. The van der Waals surface area contributed by atoms with Crippen molar-refractivity contribution in [2.24, 2.45) is 0 Å². The summed E-state index contributed by atoms with van der Waals surface area (Å²) in [5, 5.41) is 2.80. The van der Waals surface area contributed by atoms with Gasteiger partial charge in [-0.2, -0.15) is 0 Å². The van der Waals surface area contributed by atoms with E-state index in [-0.39, 0.29) is 18.9 Å². The SMILES string of the molecule is CC(C)c1ccccc1NC(=O)COC(=O)CCCOc1ccccc1. The summed E-state index contributed by atoms with van der Waals surface area (Å²) in [7, 11) is 0. The average molecular weight is 355 g/mol. The second-order valence-corrected chi connectivity index (χ2v) is 6.22. The van der Waals surface area contributed by atoms with Crippen LogP contribution in [0.2, 0.25) is 0 Å². The molecule has 0 fully saturated rings. The van der Waals surface area contributed by atoms with E-state index in [0.29, 0.717) is 18.9 Å². The van der Waals surface area contributed by atoms with Gasteiger partial charge in [0.25, 0.3) is 5.91 Å². The fraction of sp³-hybridized carbons (Fsp3) is 0.333.